The van der Waals surface area contributed by atoms with Crippen LogP contribution in [-0.4, -0.2) is 22.3 Å². The van der Waals surface area contributed by atoms with Crippen LogP contribution in [0.3, 0.4) is 0 Å². The van der Waals surface area contributed by atoms with E-state index >= 15 is 0 Å². The van der Waals surface area contributed by atoms with Gasteiger partial charge in [-0.25, -0.2) is 4.79 Å². The fourth-order valence-corrected chi connectivity index (χ4v) is 3.43. The minimum absolute atomic E-state index is 0.0765. The van der Waals surface area contributed by atoms with Crippen molar-refractivity contribution in [3.8, 4) is 11.6 Å². The first-order valence-electron chi connectivity index (χ1n) is 7.24. The molecular weight excluding hydrogens is 284 g/mol. The van der Waals surface area contributed by atoms with Crippen molar-refractivity contribution in [2.45, 2.75) is 5.92 Å². The van der Waals surface area contributed by atoms with Gasteiger partial charge in [0.25, 0.3) is 5.56 Å². The summed E-state index contributed by atoms with van der Waals surface area (Å²) >= 11 is 0. The molecule has 0 bridgehead atoms. The molecule has 0 saturated carbocycles. The quantitative estimate of drug-likeness (QED) is 0.715. The molecule has 2 aromatic rings. The molecular formula is C16H16N2O4. The highest BCUT2D eigenvalue weighted by Gasteiger charge is 2.41. The third kappa shape index (κ3) is 1.60. The summed E-state index contributed by atoms with van der Waals surface area (Å²) in [6.45, 7) is 0.944. The minimum Gasteiger partial charge on any atom is -0.493 e. The Bertz CT molecular complexity index is 881. The van der Waals surface area contributed by atoms with E-state index in [9.17, 15) is 9.59 Å². The maximum absolute atomic E-state index is 12.7. The summed E-state index contributed by atoms with van der Waals surface area (Å²) < 4.78 is 14.0. The van der Waals surface area contributed by atoms with Gasteiger partial charge >= 0.3 is 5.69 Å². The molecule has 3 heterocycles. The van der Waals surface area contributed by atoms with Crippen LogP contribution in [0.2, 0.25) is 0 Å². The highest BCUT2D eigenvalue weighted by Crippen LogP contribution is 2.45. The van der Waals surface area contributed by atoms with Crippen LogP contribution in [0, 0.1) is 5.92 Å². The molecule has 6 heteroatoms. The molecule has 2 aliphatic heterocycles. The van der Waals surface area contributed by atoms with Gasteiger partial charge in [0.1, 0.15) is 5.75 Å². The number of ether oxygens (including phenoxy) is 2. The zero-order chi connectivity index (χ0) is 15.4. The number of rotatable bonds is 0. The molecule has 2 atom stereocenters. The molecule has 0 spiro atoms. The molecule has 4 rings (SSSR count). The highest BCUT2D eigenvalue weighted by atomic mass is 16.5. The van der Waals surface area contributed by atoms with E-state index < -0.39 is 0 Å². The Morgan fingerprint density at radius 1 is 1.05 bits per heavy atom. The Hall–Kier alpha value is -2.50. The van der Waals surface area contributed by atoms with Crippen LogP contribution in [0.15, 0.2) is 33.9 Å². The molecule has 0 amide bonds. The van der Waals surface area contributed by atoms with Crippen molar-refractivity contribution < 1.29 is 9.47 Å². The largest absolute Gasteiger partial charge is 0.493 e. The van der Waals surface area contributed by atoms with Gasteiger partial charge in [0.05, 0.1) is 18.8 Å². The first-order chi connectivity index (χ1) is 10.6. The van der Waals surface area contributed by atoms with E-state index in [1.807, 2.05) is 24.3 Å². The third-order valence-corrected chi connectivity index (χ3v) is 4.57. The lowest BCUT2D eigenvalue weighted by Gasteiger charge is -2.37. The van der Waals surface area contributed by atoms with Crippen LogP contribution >= 0.6 is 0 Å². The summed E-state index contributed by atoms with van der Waals surface area (Å²) in [5, 5.41) is 0. The van der Waals surface area contributed by atoms with Gasteiger partial charge in [-0.2, -0.15) is 0 Å². The average molecular weight is 300 g/mol. The molecule has 6 nitrogen and oxygen atoms in total. The molecule has 114 valence electrons. The van der Waals surface area contributed by atoms with Crippen LogP contribution in [0.5, 0.6) is 11.6 Å². The van der Waals surface area contributed by atoms with E-state index in [1.54, 1.807) is 7.05 Å². The lowest BCUT2D eigenvalue weighted by atomic mass is 9.79. The minimum atomic E-state index is -0.373. The van der Waals surface area contributed by atoms with Crippen molar-refractivity contribution in [3.05, 3.63) is 56.2 Å². The van der Waals surface area contributed by atoms with Crippen LogP contribution in [0.25, 0.3) is 0 Å². The zero-order valence-electron chi connectivity index (χ0n) is 12.4. The molecule has 22 heavy (non-hydrogen) atoms. The molecule has 2 unspecified atom stereocenters. The third-order valence-electron chi connectivity index (χ3n) is 4.57. The van der Waals surface area contributed by atoms with Gasteiger partial charge in [-0.15, -0.1) is 0 Å². The summed E-state index contributed by atoms with van der Waals surface area (Å²) in [5.41, 5.74) is 0.877. The number of hydrogen-bond donors (Lipinski definition) is 0. The topological polar surface area (TPSA) is 62.5 Å². The second-order valence-corrected chi connectivity index (χ2v) is 5.82. The predicted molar refractivity (Wildman–Crippen MR) is 79.7 cm³/mol. The number of fused-ring (bicyclic) bond motifs is 5. The SMILES string of the molecule is Cn1c2c(c(=O)n(C)c1=O)C1c3ccccc3OCC1CO2. The molecule has 1 aromatic heterocycles. The van der Waals surface area contributed by atoms with Crippen LogP contribution < -0.4 is 20.7 Å². The summed E-state index contributed by atoms with van der Waals surface area (Å²) in [4.78, 5) is 24.8. The normalized spacial score (nSPS) is 21.9. The van der Waals surface area contributed by atoms with Crippen molar-refractivity contribution in [3.63, 3.8) is 0 Å². The van der Waals surface area contributed by atoms with Crippen molar-refractivity contribution >= 4 is 0 Å². The van der Waals surface area contributed by atoms with Crippen LogP contribution in [0.1, 0.15) is 17.0 Å². The van der Waals surface area contributed by atoms with Gasteiger partial charge in [-0.05, 0) is 6.07 Å². The van der Waals surface area contributed by atoms with Crippen LogP contribution in [-0.2, 0) is 14.1 Å². The second-order valence-electron chi connectivity index (χ2n) is 5.82. The Morgan fingerprint density at radius 2 is 1.77 bits per heavy atom. The summed E-state index contributed by atoms with van der Waals surface area (Å²) in [7, 11) is 3.13. The molecule has 2 aliphatic rings. The van der Waals surface area contributed by atoms with Crippen LogP contribution in [0.4, 0.5) is 0 Å². The van der Waals surface area contributed by atoms with Crippen molar-refractivity contribution in [1.29, 1.82) is 0 Å². The number of para-hydroxylation sites is 1. The van der Waals surface area contributed by atoms with Gasteiger partial charge in [-0.3, -0.25) is 13.9 Å². The molecule has 0 aliphatic carbocycles. The number of benzene rings is 1. The first-order valence-corrected chi connectivity index (χ1v) is 7.24. The Morgan fingerprint density at radius 3 is 2.59 bits per heavy atom. The summed E-state index contributed by atoms with van der Waals surface area (Å²) in [5.74, 6) is 1.16. The fourth-order valence-electron chi connectivity index (χ4n) is 3.43. The highest BCUT2D eigenvalue weighted by molar-refractivity contribution is 5.47. The van der Waals surface area contributed by atoms with E-state index in [0.717, 1.165) is 15.9 Å². The van der Waals surface area contributed by atoms with E-state index in [2.05, 4.69) is 0 Å². The summed E-state index contributed by atoms with van der Waals surface area (Å²) in [6, 6.07) is 7.74. The molecule has 0 saturated heterocycles. The smallest absolute Gasteiger partial charge is 0.333 e. The van der Waals surface area contributed by atoms with Crippen molar-refractivity contribution in [2.24, 2.45) is 20.0 Å². The average Bonchev–Trinajstić information content (AvgIpc) is 2.56. The predicted octanol–water partition coefficient (Wildman–Crippen LogP) is 0.617. The molecule has 0 fully saturated rings. The lowest BCUT2D eigenvalue weighted by molar-refractivity contribution is 0.116. The van der Waals surface area contributed by atoms with Gasteiger partial charge in [0, 0.05) is 31.5 Å². The fraction of sp³-hybridized carbons (Fsp3) is 0.375. The van der Waals surface area contributed by atoms with Crippen molar-refractivity contribution in [1.82, 2.24) is 9.13 Å². The van der Waals surface area contributed by atoms with Crippen molar-refractivity contribution in [2.75, 3.05) is 13.2 Å². The second kappa shape index (κ2) is 4.50. The van der Waals surface area contributed by atoms with Gasteiger partial charge < -0.3 is 9.47 Å². The summed E-state index contributed by atoms with van der Waals surface area (Å²) in [6.07, 6.45) is 0. The van der Waals surface area contributed by atoms with Gasteiger partial charge in [0.15, 0.2) is 0 Å². The van der Waals surface area contributed by atoms with E-state index in [0.29, 0.717) is 24.7 Å². The Labute approximate surface area is 126 Å². The Kier molecular flexibility index (Phi) is 2.69. The number of aromatic nitrogens is 2. The van der Waals surface area contributed by atoms with Gasteiger partial charge in [0.2, 0.25) is 5.88 Å². The molecule has 0 radical (unpaired) electrons. The first kappa shape index (κ1) is 13.2. The van der Waals surface area contributed by atoms with Gasteiger partial charge in [-0.1, -0.05) is 18.2 Å². The molecule has 0 N–H and O–H groups in total. The number of nitrogens with zero attached hydrogens (tertiary/aromatic N) is 2. The van der Waals surface area contributed by atoms with E-state index in [1.165, 1.54) is 11.6 Å². The standard InChI is InChI=1S/C16H16N2O4/c1-17-14(19)13-12-9(8-22-15(13)18(2)16(17)20)7-21-11-6-4-3-5-10(11)12/h3-6,9,12H,7-8H2,1-2H3. The van der Waals surface area contributed by atoms with E-state index in [-0.39, 0.29) is 23.1 Å². The molecule has 1 aromatic carbocycles. The Balaban J connectivity index is 2.05. The maximum Gasteiger partial charge on any atom is 0.333 e. The zero-order valence-corrected chi connectivity index (χ0v) is 12.4. The monoisotopic (exact) mass is 300 g/mol. The lowest BCUT2D eigenvalue weighted by Crippen LogP contribution is -2.46. The van der Waals surface area contributed by atoms with E-state index in [4.69, 9.17) is 9.47 Å². The maximum atomic E-state index is 12.7. The number of hydrogen-bond acceptors (Lipinski definition) is 4.